The van der Waals surface area contributed by atoms with Gasteiger partial charge in [0.2, 0.25) is 0 Å². The maximum atomic E-state index is 10.3. The first-order valence-corrected chi connectivity index (χ1v) is 4.29. The van der Waals surface area contributed by atoms with Crippen LogP contribution in [0.2, 0.25) is 0 Å². The summed E-state index contributed by atoms with van der Waals surface area (Å²) in [6, 6.07) is 9.67. The van der Waals surface area contributed by atoms with Gasteiger partial charge in [0.15, 0.2) is 0 Å². The van der Waals surface area contributed by atoms with E-state index in [0.29, 0.717) is 0 Å². The zero-order valence-electron chi connectivity index (χ0n) is 7.45. The first kappa shape index (κ1) is 8.62. The second kappa shape index (κ2) is 3.41. The smallest absolute Gasteiger partial charge is 0.322 e. The van der Waals surface area contributed by atoms with Crippen LogP contribution in [-0.2, 0) is 4.79 Å². The average molecular weight is 190 g/mol. The van der Waals surface area contributed by atoms with E-state index in [1.807, 2.05) is 30.3 Å². The standard InChI is InChI=1S/C10H10N2O2/c13-10(14)6-11-9-5-7-3-1-2-4-8(7)12-9/h1-5,11-12H,6H2,(H,13,14). The molecule has 4 nitrogen and oxygen atoms in total. The number of benzene rings is 1. The summed E-state index contributed by atoms with van der Waals surface area (Å²) in [6.45, 7) is -0.0766. The van der Waals surface area contributed by atoms with Crippen LogP contribution >= 0.6 is 0 Å². The zero-order valence-corrected chi connectivity index (χ0v) is 7.45. The molecule has 2 aromatic rings. The molecule has 1 aromatic heterocycles. The Morgan fingerprint density at radius 3 is 2.93 bits per heavy atom. The average Bonchev–Trinajstić information content (AvgIpc) is 2.57. The quantitative estimate of drug-likeness (QED) is 0.689. The molecule has 0 aliphatic heterocycles. The lowest BCUT2D eigenvalue weighted by molar-refractivity contribution is -0.134. The van der Waals surface area contributed by atoms with E-state index in [-0.39, 0.29) is 6.54 Å². The molecular formula is C10H10N2O2. The lowest BCUT2D eigenvalue weighted by atomic mass is 10.2. The molecule has 0 aliphatic rings. The Kier molecular flexibility index (Phi) is 2.10. The van der Waals surface area contributed by atoms with Crippen molar-refractivity contribution in [3.8, 4) is 0 Å². The number of para-hydroxylation sites is 1. The molecule has 2 rings (SSSR count). The number of rotatable bonds is 3. The van der Waals surface area contributed by atoms with Crippen LogP contribution < -0.4 is 5.32 Å². The van der Waals surface area contributed by atoms with Gasteiger partial charge in [-0.25, -0.2) is 0 Å². The van der Waals surface area contributed by atoms with Crippen LogP contribution in [0.25, 0.3) is 10.9 Å². The number of hydrogen-bond acceptors (Lipinski definition) is 2. The fourth-order valence-electron chi connectivity index (χ4n) is 1.34. The number of aromatic nitrogens is 1. The molecule has 1 aromatic carbocycles. The van der Waals surface area contributed by atoms with E-state index in [9.17, 15) is 4.79 Å². The number of carboxylic acid groups (broad SMARTS) is 1. The number of aliphatic carboxylic acids is 1. The predicted molar refractivity (Wildman–Crippen MR) is 54.4 cm³/mol. The van der Waals surface area contributed by atoms with Crippen LogP contribution in [0.1, 0.15) is 0 Å². The molecule has 0 saturated carbocycles. The first-order valence-electron chi connectivity index (χ1n) is 4.29. The van der Waals surface area contributed by atoms with E-state index in [1.54, 1.807) is 0 Å². The van der Waals surface area contributed by atoms with Crippen molar-refractivity contribution >= 4 is 22.7 Å². The van der Waals surface area contributed by atoms with Crippen molar-refractivity contribution < 1.29 is 9.90 Å². The number of carboxylic acids is 1. The van der Waals surface area contributed by atoms with Crippen molar-refractivity contribution in [1.82, 2.24) is 4.98 Å². The fourth-order valence-corrected chi connectivity index (χ4v) is 1.34. The summed E-state index contributed by atoms with van der Waals surface area (Å²) in [7, 11) is 0. The number of hydrogen-bond donors (Lipinski definition) is 3. The highest BCUT2D eigenvalue weighted by molar-refractivity contribution is 5.84. The second-order valence-corrected chi connectivity index (χ2v) is 3.02. The highest BCUT2D eigenvalue weighted by Gasteiger charge is 2.00. The van der Waals surface area contributed by atoms with E-state index in [1.165, 1.54) is 0 Å². The highest BCUT2D eigenvalue weighted by Crippen LogP contribution is 2.17. The second-order valence-electron chi connectivity index (χ2n) is 3.02. The van der Waals surface area contributed by atoms with E-state index >= 15 is 0 Å². The molecule has 0 saturated heterocycles. The van der Waals surface area contributed by atoms with Gasteiger partial charge >= 0.3 is 5.97 Å². The largest absolute Gasteiger partial charge is 0.480 e. The van der Waals surface area contributed by atoms with Gasteiger partial charge in [-0.2, -0.15) is 0 Å². The fraction of sp³-hybridized carbons (Fsp3) is 0.100. The van der Waals surface area contributed by atoms with E-state index in [4.69, 9.17) is 5.11 Å². The number of carbonyl (C=O) groups is 1. The molecule has 0 fully saturated rings. The summed E-state index contributed by atoms with van der Waals surface area (Å²) >= 11 is 0. The summed E-state index contributed by atoms with van der Waals surface area (Å²) in [6.07, 6.45) is 0. The molecule has 0 bridgehead atoms. The topological polar surface area (TPSA) is 65.1 Å². The zero-order chi connectivity index (χ0) is 9.97. The Labute approximate surface area is 80.6 Å². The van der Waals surface area contributed by atoms with Gasteiger partial charge in [-0.15, -0.1) is 0 Å². The summed E-state index contributed by atoms with van der Waals surface area (Å²) in [5.41, 5.74) is 1.00. The summed E-state index contributed by atoms with van der Waals surface area (Å²) in [5, 5.41) is 12.3. The first-order chi connectivity index (χ1) is 6.75. The SMILES string of the molecule is O=C(O)CNc1cc2ccccc2[nH]1. The van der Waals surface area contributed by atoms with Crippen LogP contribution in [0.4, 0.5) is 5.82 Å². The van der Waals surface area contributed by atoms with E-state index in [2.05, 4.69) is 10.3 Å². The molecule has 1 heterocycles. The molecule has 14 heavy (non-hydrogen) atoms. The third-order valence-corrected chi connectivity index (χ3v) is 1.96. The minimum atomic E-state index is -0.872. The van der Waals surface area contributed by atoms with Crippen LogP contribution in [0.15, 0.2) is 30.3 Å². The van der Waals surface area contributed by atoms with Gasteiger partial charge in [0, 0.05) is 10.9 Å². The molecule has 0 unspecified atom stereocenters. The Balaban J connectivity index is 2.22. The molecule has 0 spiro atoms. The van der Waals surface area contributed by atoms with Crippen molar-refractivity contribution in [2.45, 2.75) is 0 Å². The molecule has 0 atom stereocenters. The minimum Gasteiger partial charge on any atom is -0.480 e. The number of aromatic amines is 1. The van der Waals surface area contributed by atoms with Gasteiger partial charge in [0.1, 0.15) is 12.4 Å². The van der Waals surface area contributed by atoms with Gasteiger partial charge in [-0.05, 0) is 12.1 Å². The van der Waals surface area contributed by atoms with Crippen molar-refractivity contribution in [3.05, 3.63) is 30.3 Å². The monoisotopic (exact) mass is 190 g/mol. The Morgan fingerprint density at radius 1 is 1.43 bits per heavy atom. The number of nitrogens with one attached hydrogen (secondary N) is 2. The van der Waals surface area contributed by atoms with Gasteiger partial charge in [0.25, 0.3) is 0 Å². The maximum absolute atomic E-state index is 10.3. The Hall–Kier alpha value is -1.97. The third kappa shape index (κ3) is 1.69. The summed E-state index contributed by atoms with van der Waals surface area (Å²) < 4.78 is 0. The van der Waals surface area contributed by atoms with Crippen LogP contribution in [0.5, 0.6) is 0 Å². The number of H-pyrrole nitrogens is 1. The van der Waals surface area contributed by atoms with Crippen molar-refractivity contribution in [2.24, 2.45) is 0 Å². The van der Waals surface area contributed by atoms with Crippen molar-refractivity contribution in [1.29, 1.82) is 0 Å². The van der Waals surface area contributed by atoms with E-state index < -0.39 is 5.97 Å². The van der Waals surface area contributed by atoms with Gasteiger partial charge in [0.05, 0.1) is 0 Å². The molecule has 0 aliphatic carbocycles. The normalized spacial score (nSPS) is 10.3. The summed E-state index contributed by atoms with van der Waals surface area (Å²) in [4.78, 5) is 13.4. The maximum Gasteiger partial charge on any atom is 0.322 e. The highest BCUT2D eigenvalue weighted by atomic mass is 16.4. The lowest BCUT2D eigenvalue weighted by Crippen LogP contribution is -2.12. The molecule has 0 amide bonds. The predicted octanol–water partition coefficient (Wildman–Crippen LogP) is 1.66. The van der Waals surface area contributed by atoms with Crippen molar-refractivity contribution in [2.75, 3.05) is 11.9 Å². The molecule has 4 heteroatoms. The Morgan fingerprint density at radius 2 is 2.21 bits per heavy atom. The molecule has 72 valence electrons. The number of fused-ring (bicyclic) bond motifs is 1. The van der Waals surface area contributed by atoms with Gasteiger partial charge in [-0.3, -0.25) is 4.79 Å². The van der Waals surface area contributed by atoms with Crippen LogP contribution in [0.3, 0.4) is 0 Å². The van der Waals surface area contributed by atoms with Crippen LogP contribution in [-0.4, -0.2) is 22.6 Å². The van der Waals surface area contributed by atoms with Gasteiger partial charge < -0.3 is 15.4 Å². The molecular weight excluding hydrogens is 180 g/mol. The van der Waals surface area contributed by atoms with Crippen LogP contribution in [0, 0.1) is 0 Å². The van der Waals surface area contributed by atoms with Crippen molar-refractivity contribution in [3.63, 3.8) is 0 Å². The number of anilines is 1. The minimum absolute atomic E-state index is 0.0766. The summed E-state index contributed by atoms with van der Waals surface area (Å²) in [5.74, 6) is -0.141. The van der Waals surface area contributed by atoms with Gasteiger partial charge in [-0.1, -0.05) is 18.2 Å². The molecule has 0 radical (unpaired) electrons. The third-order valence-electron chi connectivity index (χ3n) is 1.96. The molecule has 3 N–H and O–H groups in total. The lowest BCUT2D eigenvalue weighted by Gasteiger charge is -1.97. The van der Waals surface area contributed by atoms with E-state index in [0.717, 1.165) is 16.7 Å². The Bertz CT molecular complexity index is 429.